The summed E-state index contributed by atoms with van der Waals surface area (Å²) in [5, 5.41) is 23.2. The SMILES string of the molecule is Cc1ccc(N2CCN(C3=NC(=O)/C(=C/c4ccc([O-])c([N+](=O)[O-])c4)S3)CC2)cc1. The molecule has 2 heterocycles. The Morgan fingerprint density at radius 2 is 1.73 bits per heavy atom. The number of aliphatic imine (C=N–C) groups is 1. The minimum atomic E-state index is -0.719. The molecule has 1 fully saturated rings. The van der Waals surface area contributed by atoms with E-state index in [9.17, 15) is 20.0 Å². The molecule has 0 bridgehead atoms. The van der Waals surface area contributed by atoms with Gasteiger partial charge in [-0.25, -0.2) is 0 Å². The van der Waals surface area contributed by atoms with Gasteiger partial charge in [0.2, 0.25) is 0 Å². The number of thioether (sulfide) groups is 1. The van der Waals surface area contributed by atoms with Crippen LogP contribution < -0.4 is 10.0 Å². The van der Waals surface area contributed by atoms with Gasteiger partial charge < -0.3 is 14.9 Å². The summed E-state index contributed by atoms with van der Waals surface area (Å²) in [6.45, 7) is 5.21. The number of rotatable bonds is 3. The van der Waals surface area contributed by atoms with Crippen LogP contribution in [0.25, 0.3) is 6.08 Å². The number of hydrogen-bond acceptors (Lipinski definition) is 7. The van der Waals surface area contributed by atoms with Crippen LogP contribution in [0.1, 0.15) is 11.1 Å². The molecule has 1 saturated heterocycles. The number of nitro groups is 1. The first-order valence-electron chi connectivity index (χ1n) is 9.45. The van der Waals surface area contributed by atoms with Crippen molar-refractivity contribution in [2.45, 2.75) is 6.92 Å². The van der Waals surface area contributed by atoms with Gasteiger partial charge in [0.25, 0.3) is 11.6 Å². The molecule has 2 aromatic rings. The van der Waals surface area contributed by atoms with Crippen molar-refractivity contribution in [3.05, 3.63) is 68.6 Å². The molecule has 30 heavy (non-hydrogen) atoms. The molecule has 2 aliphatic rings. The highest BCUT2D eigenvalue weighted by atomic mass is 32.2. The maximum atomic E-state index is 12.3. The lowest BCUT2D eigenvalue weighted by Gasteiger charge is -2.36. The molecule has 4 rings (SSSR count). The summed E-state index contributed by atoms with van der Waals surface area (Å²) in [6, 6.07) is 12.2. The minimum absolute atomic E-state index is 0.371. The van der Waals surface area contributed by atoms with E-state index in [-0.39, 0.29) is 5.91 Å². The Morgan fingerprint density at radius 3 is 2.40 bits per heavy atom. The van der Waals surface area contributed by atoms with E-state index >= 15 is 0 Å². The Labute approximate surface area is 177 Å². The third-order valence-electron chi connectivity index (χ3n) is 5.04. The fourth-order valence-corrected chi connectivity index (χ4v) is 4.33. The van der Waals surface area contributed by atoms with Crippen LogP contribution in [-0.4, -0.2) is 47.1 Å². The fraction of sp³-hybridized carbons (Fsp3) is 0.238. The standard InChI is InChI=1S/C21H20N4O4S/c1-14-2-5-16(6-3-14)23-8-10-24(11-9-23)21-22-20(27)19(30-21)13-15-4-7-18(26)17(12-15)25(28)29/h2-7,12-13,26H,8-11H2,1H3/p-1/b19-13-. The van der Waals surface area contributed by atoms with Gasteiger partial charge >= 0.3 is 0 Å². The van der Waals surface area contributed by atoms with Crippen molar-refractivity contribution in [3.63, 3.8) is 0 Å². The predicted molar refractivity (Wildman–Crippen MR) is 116 cm³/mol. The third-order valence-corrected chi connectivity index (χ3v) is 6.08. The number of piperazine rings is 1. The molecule has 2 aromatic carbocycles. The number of nitro benzene ring substituents is 1. The van der Waals surface area contributed by atoms with E-state index in [1.807, 2.05) is 0 Å². The summed E-state index contributed by atoms with van der Waals surface area (Å²) < 4.78 is 0. The first kappa shape index (κ1) is 20.0. The van der Waals surface area contributed by atoms with Crippen molar-refractivity contribution in [3.8, 4) is 5.75 Å². The molecular weight excluding hydrogens is 404 g/mol. The summed E-state index contributed by atoms with van der Waals surface area (Å²) in [5.74, 6) is -1.03. The minimum Gasteiger partial charge on any atom is -0.868 e. The van der Waals surface area contributed by atoms with Crippen LogP contribution >= 0.6 is 11.8 Å². The lowest BCUT2D eigenvalue weighted by atomic mass is 10.1. The van der Waals surface area contributed by atoms with E-state index < -0.39 is 16.4 Å². The number of nitrogens with zero attached hydrogens (tertiary/aromatic N) is 4. The van der Waals surface area contributed by atoms with Crippen molar-refractivity contribution in [1.82, 2.24) is 4.90 Å². The number of benzene rings is 2. The van der Waals surface area contributed by atoms with E-state index in [4.69, 9.17) is 0 Å². The van der Waals surface area contributed by atoms with Crippen molar-refractivity contribution < 1.29 is 14.8 Å². The predicted octanol–water partition coefficient (Wildman–Crippen LogP) is 2.77. The van der Waals surface area contributed by atoms with Gasteiger partial charge in [-0.05, 0) is 48.2 Å². The van der Waals surface area contributed by atoms with Gasteiger partial charge in [-0.1, -0.05) is 29.8 Å². The van der Waals surface area contributed by atoms with E-state index in [0.717, 1.165) is 32.2 Å². The van der Waals surface area contributed by atoms with E-state index in [0.29, 0.717) is 15.6 Å². The smallest absolute Gasteiger partial charge is 0.286 e. The Bertz CT molecular complexity index is 1060. The largest absolute Gasteiger partial charge is 0.868 e. The molecule has 0 aromatic heterocycles. The number of amidine groups is 1. The van der Waals surface area contributed by atoms with Crippen molar-refractivity contribution in [2.75, 3.05) is 31.1 Å². The molecule has 1 amide bonds. The molecular formula is C21H19N4O4S-. The fourth-order valence-electron chi connectivity index (χ4n) is 3.36. The average Bonchev–Trinajstić information content (AvgIpc) is 3.10. The Kier molecular flexibility index (Phi) is 5.45. The summed E-state index contributed by atoms with van der Waals surface area (Å²) in [5.41, 5.74) is 2.33. The average molecular weight is 423 g/mol. The van der Waals surface area contributed by atoms with Crippen molar-refractivity contribution in [2.24, 2.45) is 4.99 Å². The molecule has 0 unspecified atom stereocenters. The van der Waals surface area contributed by atoms with Gasteiger partial charge in [0.15, 0.2) is 5.17 Å². The van der Waals surface area contributed by atoms with Crippen molar-refractivity contribution >= 4 is 40.3 Å². The van der Waals surface area contributed by atoms with Crippen LogP contribution in [0.3, 0.4) is 0 Å². The Morgan fingerprint density at radius 1 is 1.07 bits per heavy atom. The van der Waals surface area contributed by atoms with Gasteiger partial charge in [0.05, 0.1) is 9.83 Å². The van der Waals surface area contributed by atoms with Gasteiger partial charge in [0, 0.05) is 37.9 Å². The summed E-state index contributed by atoms with van der Waals surface area (Å²) >= 11 is 1.26. The highest BCUT2D eigenvalue weighted by Crippen LogP contribution is 2.32. The molecule has 0 spiro atoms. The maximum absolute atomic E-state index is 12.3. The topological polar surface area (TPSA) is 102 Å². The second-order valence-corrected chi connectivity index (χ2v) is 8.11. The summed E-state index contributed by atoms with van der Waals surface area (Å²) in [4.78, 5) is 31.5. The number of carbonyl (C=O) groups is 1. The quantitative estimate of drug-likeness (QED) is 0.425. The van der Waals surface area contributed by atoms with Crippen LogP contribution in [0.15, 0.2) is 52.4 Å². The summed E-state index contributed by atoms with van der Waals surface area (Å²) in [6.07, 6.45) is 1.54. The second-order valence-electron chi connectivity index (χ2n) is 7.10. The Hall–Kier alpha value is -3.33. The second kappa shape index (κ2) is 8.19. The lowest BCUT2D eigenvalue weighted by Crippen LogP contribution is -2.47. The maximum Gasteiger partial charge on any atom is 0.286 e. The first-order chi connectivity index (χ1) is 14.4. The van der Waals surface area contributed by atoms with Crippen LogP contribution in [0.4, 0.5) is 11.4 Å². The molecule has 9 heteroatoms. The number of hydrogen-bond donors (Lipinski definition) is 0. The van der Waals surface area contributed by atoms with Crippen LogP contribution in [0.5, 0.6) is 5.75 Å². The van der Waals surface area contributed by atoms with E-state index in [1.54, 1.807) is 6.08 Å². The third kappa shape index (κ3) is 4.16. The lowest BCUT2D eigenvalue weighted by molar-refractivity contribution is -0.398. The van der Waals surface area contributed by atoms with Crippen LogP contribution in [-0.2, 0) is 4.79 Å². The highest BCUT2D eigenvalue weighted by Gasteiger charge is 2.28. The van der Waals surface area contributed by atoms with Crippen molar-refractivity contribution in [1.29, 1.82) is 0 Å². The molecule has 8 nitrogen and oxygen atoms in total. The highest BCUT2D eigenvalue weighted by molar-refractivity contribution is 8.18. The van der Waals surface area contributed by atoms with Gasteiger partial charge in [0.1, 0.15) is 0 Å². The first-order valence-corrected chi connectivity index (χ1v) is 10.3. The molecule has 2 aliphatic heterocycles. The Balaban J connectivity index is 1.42. The molecule has 0 saturated carbocycles. The van der Waals surface area contributed by atoms with Gasteiger partial charge in [-0.2, -0.15) is 4.99 Å². The molecule has 154 valence electrons. The molecule has 0 aliphatic carbocycles. The van der Waals surface area contributed by atoms with Gasteiger partial charge in [-0.3, -0.25) is 14.9 Å². The number of carbonyl (C=O) groups excluding carboxylic acids is 1. The van der Waals surface area contributed by atoms with E-state index in [2.05, 4.69) is 46.0 Å². The zero-order valence-electron chi connectivity index (χ0n) is 16.3. The number of anilines is 1. The number of amides is 1. The number of aryl methyl sites for hydroxylation is 1. The van der Waals surface area contributed by atoms with Crippen LogP contribution in [0.2, 0.25) is 0 Å². The molecule has 0 N–H and O–H groups in total. The normalized spacial score (nSPS) is 18.1. The summed E-state index contributed by atoms with van der Waals surface area (Å²) in [7, 11) is 0. The monoisotopic (exact) mass is 423 g/mol. The zero-order valence-corrected chi connectivity index (χ0v) is 17.1. The zero-order chi connectivity index (χ0) is 21.3. The van der Waals surface area contributed by atoms with Gasteiger partial charge in [-0.15, -0.1) is 0 Å². The molecule has 0 radical (unpaired) electrons. The van der Waals surface area contributed by atoms with E-state index in [1.165, 1.54) is 35.1 Å². The van der Waals surface area contributed by atoms with Crippen LogP contribution in [0, 0.1) is 17.0 Å². The molecule has 0 atom stereocenters.